The van der Waals surface area contributed by atoms with Gasteiger partial charge in [0.15, 0.2) is 0 Å². The van der Waals surface area contributed by atoms with Crippen LogP contribution in [0.2, 0.25) is 0 Å². The van der Waals surface area contributed by atoms with E-state index >= 15 is 0 Å². The van der Waals surface area contributed by atoms with Gasteiger partial charge in [0.1, 0.15) is 5.75 Å². The Morgan fingerprint density at radius 3 is 2.78 bits per heavy atom. The zero-order chi connectivity index (χ0) is 16.3. The highest BCUT2D eigenvalue weighted by Crippen LogP contribution is 2.28. The maximum atomic E-state index is 12.3. The standard InChI is InChI=1S/C17H25BrN2O2.ClH/c1-12-4-5-14(13(18)10-12)22-9-7-16(21)20-8-6-15(19)17(2,3)11-20;/h4-5,10,15H,6-9,11,19H2,1-3H3;1H. The molecule has 1 unspecified atom stereocenters. The first-order chi connectivity index (χ1) is 10.3. The molecule has 1 aromatic rings. The summed E-state index contributed by atoms with van der Waals surface area (Å²) >= 11 is 3.48. The van der Waals surface area contributed by atoms with Crippen molar-refractivity contribution >= 4 is 34.2 Å². The second kappa shape index (κ2) is 8.36. The first-order valence-electron chi connectivity index (χ1n) is 7.72. The van der Waals surface area contributed by atoms with Gasteiger partial charge in [-0.15, -0.1) is 12.4 Å². The molecule has 1 atom stereocenters. The summed E-state index contributed by atoms with van der Waals surface area (Å²) in [5.41, 5.74) is 7.26. The van der Waals surface area contributed by atoms with Crippen molar-refractivity contribution in [2.24, 2.45) is 11.1 Å². The summed E-state index contributed by atoms with van der Waals surface area (Å²) in [6.45, 7) is 8.14. The number of aryl methyl sites for hydroxylation is 1. The number of benzene rings is 1. The van der Waals surface area contributed by atoms with Crippen LogP contribution in [0.1, 0.15) is 32.3 Å². The van der Waals surface area contributed by atoms with Gasteiger partial charge in [-0.1, -0.05) is 19.9 Å². The van der Waals surface area contributed by atoms with Gasteiger partial charge in [-0.25, -0.2) is 0 Å². The summed E-state index contributed by atoms with van der Waals surface area (Å²) in [5, 5.41) is 0. The fourth-order valence-corrected chi connectivity index (χ4v) is 3.32. The Morgan fingerprint density at radius 1 is 1.48 bits per heavy atom. The van der Waals surface area contributed by atoms with Crippen LogP contribution in [-0.2, 0) is 4.79 Å². The Hall–Kier alpha value is -0.780. The van der Waals surface area contributed by atoms with Gasteiger partial charge >= 0.3 is 0 Å². The zero-order valence-corrected chi connectivity index (χ0v) is 16.4. The van der Waals surface area contributed by atoms with Crippen molar-refractivity contribution < 1.29 is 9.53 Å². The van der Waals surface area contributed by atoms with E-state index in [2.05, 4.69) is 29.8 Å². The number of carbonyl (C=O) groups excluding carboxylic acids is 1. The van der Waals surface area contributed by atoms with Crippen LogP contribution < -0.4 is 10.5 Å². The predicted octanol–water partition coefficient (Wildman–Crippen LogP) is 3.53. The van der Waals surface area contributed by atoms with E-state index in [4.69, 9.17) is 10.5 Å². The molecule has 0 radical (unpaired) electrons. The molecule has 0 aromatic heterocycles. The van der Waals surface area contributed by atoms with Gasteiger partial charge in [0.25, 0.3) is 0 Å². The number of piperidine rings is 1. The van der Waals surface area contributed by atoms with E-state index in [1.807, 2.05) is 30.0 Å². The molecule has 2 rings (SSSR count). The number of ether oxygens (including phenoxy) is 1. The molecular weight excluding hydrogens is 380 g/mol. The molecule has 0 saturated carbocycles. The molecule has 130 valence electrons. The van der Waals surface area contributed by atoms with Crippen molar-refractivity contribution in [1.29, 1.82) is 0 Å². The number of rotatable bonds is 4. The highest BCUT2D eigenvalue weighted by molar-refractivity contribution is 9.10. The smallest absolute Gasteiger partial charge is 0.226 e. The summed E-state index contributed by atoms with van der Waals surface area (Å²) in [7, 11) is 0. The van der Waals surface area contributed by atoms with E-state index in [9.17, 15) is 4.79 Å². The second-order valence-electron chi connectivity index (χ2n) is 6.73. The molecule has 0 aliphatic carbocycles. The van der Waals surface area contributed by atoms with Gasteiger partial charge < -0.3 is 15.4 Å². The minimum absolute atomic E-state index is 0. The summed E-state index contributed by atoms with van der Waals surface area (Å²) in [5.74, 6) is 0.919. The third-order valence-electron chi connectivity index (χ3n) is 4.33. The van der Waals surface area contributed by atoms with E-state index in [-0.39, 0.29) is 29.8 Å². The first kappa shape index (κ1) is 20.3. The summed E-state index contributed by atoms with van der Waals surface area (Å²) in [4.78, 5) is 14.2. The monoisotopic (exact) mass is 404 g/mol. The van der Waals surface area contributed by atoms with E-state index in [0.717, 1.165) is 29.7 Å². The van der Waals surface area contributed by atoms with Crippen LogP contribution in [-0.4, -0.2) is 36.5 Å². The quantitative estimate of drug-likeness (QED) is 0.833. The average Bonchev–Trinajstić information content (AvgIpc) is 2.44. The van der Waals surface area contributed by atoms with Gasteiger partial charge in [0, 0.05) is 19.1 Å². The number of halogens is 2. The van der Waals surface area contributed by atoms with Crippen LogP contribution in [0, 0.1) is 12.3 Å². The molecule has 23 heavy (non-hydrogen) atoms. The minimum atomic E-state index is -0.0191. The van der Waals surface area contributed by atoms with Gasteiger partial charge in [-0.2, -0.15) is 0 Å². The van der Waals surface area contributed by atoms with Crippen molar-refractivity contribution in [3.63, 3.8) is 0 Å². The largest absolute Gasteiger partial charge is 0.492 e. The van der Waals surface area contributed by atoms with Crippen molar-refractivity contribution in [3.8, 4) is 5.75 Å². The van der Waals surface area contributed by atoms with Crippen LogP contribution in [0.15, 0.2) is 22.7 Å². The lowest BCUT2D eigenvalue weighted by Crippen LogP contribution is -2.54. The summed E-state index contributed by atoms with van der Waals surface area (Å²) in [6, 6.07) is 6.09. The third-order valence-corrected chi connectivity index (χ3v) is 4.95. The van der Waals surface area contributed by atoms with Crippen molar-refractivity contribution in [3.05, 3.63) is 28.2 Å². The van der Waals surface area contributed by atoms with E-state index in [1.54, 1.807) is 0 Å². The molecule has 1 saturated heterocycles. The highest BCUT2D eigenvalue weighted by Gasteiger charge is 2.35. The number of nitrogens with zero attached hydrogens (tertiary/aromatic N) is 1. The molecule has 0 spiro atoms. The lowest BCUT2D eigenvalue weighted by molar-refractivity contribution is -0.135. The Balaban J connectivity index is 0.00000264. The average molecular weight is 406 g/mol. The predicted molar refractivity (Wildman–Crippen MR) is 99.2 cm³/mol. The van der Waals surface area contributed by atoms with E-state index in [0.29, 0.717) is 13.0 Å². The molecule has 0 bridgehead atoms. The number of amides is 1. The van der Waals surface area contributed by atoms with E-state index < -0.39 is 0 Å². The van der Waals surface area contributed by atoms with Crippen molar-refractivity contribution in [2.45, 2.75) is 39.7 Å². The Bertz CT molecular complexity index is 551. The normalized spacial score (nSPS) is 19.9. The fraction of sp³-hybridized carbons (Fsp3) is 0.588. The van der Waals surface area contributed by atoms with Crippen LogP contribution >= 0.6 is 28.3 Å². The highest BCUT2D eigenvalue weighted by atomic mass is 79.9. The Labute approximate surface area is 153 Å². The second-order valence-corrected chi connectivity index (χ2v) is 7.59. The molecule has 4 nitrogen and oxygen atoms in total. The Morgan fingerprint density at radius 2 is 2.17 bits per heavy atom. The number of hydrogen-bond donors (Lipinski definition) is 1. The molecule has 1 amide bonds. The van der Waals surface area contributed by atoms with Gasteiger partial charge in [0.2, 0.25) is 5.91 Å². The maximum Gasteiger partial charge on any atom is 0.226 e. The van der Waals surface area contributed by atoms with Crippen LogP contribution in [0.4, 0.5) is 0 Å². The summed E-state index contributed by atoms with van der Waals surface area (Å²) in [6.07, 6.45) is 1.26. The molecule has 1 aliphatic heterocycles. The van der Waals surface area contributed by atoms with Crippen molar-refractivity contribution in [2.75, 3.05) is 19.7 Å². The molecular formula is C17H26BrClN2O2. The molecule has 1 heterocycles. The SMILES string of the molecule is Cc1ccc(OCCC(=O)N2CCC(N)C(C)(C)C2)c(Br)c1.Cl. The number of carbonyl (C=O) groups is 1. The Kier molecular flexibility index (Phi) is 7.36. The molecule has 1 aromatic carbocycles. The number of hydrogen-bond acceptors (Lipinski definition) is 3. The number of nitrogens with two attached hydrogens (primary N) is 1. The molecule has 2 N–H and O–H groups in total. The van der Waals surface area contributed by atoms with Crippen LogP contribution in [0.5, 0.6) is 5.75 Å². The minimum Gasteiger partial charge on any atom is -0.492 e. The number of likely N-dealkylation sites (tertiary alicyclic amines) is 1. The fourth-order valence-electron chi connectivity index (χ4n) is 2.72. The molecule has 1 aliphatic rings. The van der Waals surface area contributed by atoms with Gasteiger partial charge in [-0.3, -0.25) is 4.79 Å². The lowest BCUT2D eigenvalue weighted by atomic mass is 9.79. The first-order valence-corrected chi connectivity index (χ1v) is 8.51. The van der Waals surface area contributed by atoms with Crippen LogP contribution in [0.3, 0.4) is 0 Å². The third kappa shape index (κ3) is 5.37. The molecule has 6 heteroatoms. The zero-order valence-electron chi connectivity index (χ0n) is 14.0. The van der Waals surface area contributed by atoms with Gasteiger partial charge in [-0.05, 0) is 52.4 Å². The lowest BCUT2D eigenvalue weighted by Gasteiger charge is -2.42. The maximum absolute atomic E-state index is 12.3. The van der Waals surface area contributed by atoms with Crippen LogP contribution in [0.25, 0.3) is 0 Å². The van der Waals surface area contributed by atoms with E-state index in [1.165, 1.54) is 5.56 Å². The summed E-state index contributed by atoms with van der Waals surface area (Å²) < 4.78 is 6.63. The molecule has 1 fully saturated rings. The van der Waals surface area contributed by atoms with Gasteiger partial charge in [0.05, 0.1) is 17.5 Å². The topological polar surface area (TPSA) is 55.6 Å². The van der Waals surface area contributed by atoms with Crippen molar-refractivity contribution in [1.82, 2.24) is 4.90 Å².